The lowest BCUT2D eigenvalue weighted by Crippen LogP contribution is -2.07. The largest absolute Gasteiger partial charge is 0.383 e. The molecule has 0 aliphatic rings. The van der Waals surface area contributed by atoms with Crippen molar-refractivity contribution in [3.8, 4) is 0 Å². The predicted molar refractivity (Wildman–Crippen MR) is 74.0 cm³/mol. The van der Waals surface area contributed by atoms with Crippen LogP contribution >= 0.6 is 11.8 Å². The van der Waals surface area contributed by atoms with Gasteiger partial charge in [0.1, 0.15) is 17.5 Å². The van der Waals surface area contributed by atoms with Crippen LogP contribution in [0.1, 0.15) is 18.5 Å². The van der Waals surface area contributed by atoms with Gasteiger partial charge in [-0.2, -0.15) is 0 Å². The number of benzene rings is 1. The molecule has 6 N–H and O–H groups in total. The Morgan fingerprint density at radius 1 is 1.16 bits per heavy atom. The summed E-state index contributed by atoms with van der Waals surface area (Å²) in [6, 6.07) is 5.59. The Hall–Kier alpha value is -1.86. The van der Waals surface area contributed by atoms with Gasteiger partial charge in [-0.15, -0.1) is 0 Å². The fourth-order valence-corrected chi connectivity index (χ4v) is 2.57. The second-order valence-corrected chi connectivity index (χ2v) is 5.08. The highest BCUT2D eigenvalue weighted by molar-refractivity contribution is 7.99. The average molecular weight is 279 g/mol. The molecule has 0 saturated heterocycles. The summed E-state index contributed by atoms with van der Waals surface area (Å²) in [5.74, 6) is 0.253. The van der Waals surface area contributed by atoms with E-state index in [1.807, 2.05) is 0 Å². The van der Waals surface area contributed by atoms with Crippen molar-refractivity contribution >= 4 is 23.4 Å². The molecule has 0 spiro atoms. The van der Waals surface area contributed by atoms with Crippen molar-refractivity contribution in [3.05, 3.63) is 35.6 Å². The summed E-state index contributed by atoms with van der Waals surface area (Å²) in [5.41, 5.74) is 17.7. The minimum Gasteiger partial charge on any atom is -0.383 e. The van der Waals surface area contributed by atoms with Crippen LogP contribution in [0.15, 0.2) is 34.3 Å². The molecule has 19 heavy (non-hydrogen) atoms. The van der Waals surface area contributed by atoms with Crippen molar-refractivity contribution in [1.82, 2.24) is 9.97 Å². The van der Waals surface area contributed by atoms with Crippen molar-refractivity contribution in [2.45, 2.75) is 23.0 Å². The van der Waals surface area contributed by atoms with Crippen LogP contribution in [0.4, 0.5) is 16.0 Å². The zero-order valence-corrected chi connectivity index (χ0v) is 11.1. The van der Waals surface area contributed by atoms with Crippen LogP contribution in [0.5, 0.6) is 0 Å². The molecular weight excluding hydrogens is 265 g/mol. The number of rotatable bonds is 3. The van der Waals surface area contributed by atoms with E-state index in [4.69, 9.17) is 17.2 Å². The molecule has 2 aromatic rings. The fraction of sp³-hybridized carbons (Fsp3) is 0.167. The molecule has 0 unspecified atom stereocenters. The molecule has 0 aliphatic carbocycles. The lowest BCUT2D eigenvalue weighted by molar-refractivity contribution is 0.619. The lowest BCUT2D eigenvalue weighted by Gasteiger charge is -2.12. The van der Waals surface area contributed by atoms with Gasteiger partial charge in [-0.1, -0.05) is 0 Å². The van der Waals surface area contributed by atoms with Gasteiger partial charge in [-0.25, -0.2) is 14.4 Å². The Bertz CT molecular complexity index is 582. The average Bonchev–Trinajstić information content (AvgIpc) is 2.30. The summed E-state index contributed by atoms with van der Waals surface area (Å²) in [7, 11) is 0. The number of hydrogen-bond acceptors (Lipinski definition) is 6. The van der Waals surface area contributed by atoms with E-state index in [0.717, 1.165) is 4.90 Å². The predicted octanol–water partition coefficient (Wildman–Crippen LogP) is 1.95. The van der Waals surface area contributed by atoms with Gasteiger partial charge in [-0.05, 0) is 42.4 Å². The molecule has 1 heterocycles. The summed E-state index contributed by atoms with van der Waals surface area (Å²) in [6.07, 6.45) is 0. The maximum atomic E-state index is 13.2. The molecule has 1 atom stereocenters. The van der Waals surface area contributed by atoms with Crippen molar-refractivity contribution in [3.63, 3.8) is 0 Å². The molecule has 0 fully saturated rings. The van der Waals surface area contributed by atoms with E-state index in [1.165, 1.54) is 30.0 Å². The lowest BCUT2D eigenvalue weighted by atomic mass is 10.1. The molecule has 1 aromatic heterocycles. The van der Waals surface area contributed by atoms with E-state index in [9.17, 15) is 4.39 Å². The minimum atomic E-state index is -0.329. The molecule has 0 saturated carbocycles. The summed E-state index contributed by atoms with van der Waals surface area (Å²) in [5, 5.41) is 0.408. The molecule has 0 bridgehead atoms. The molecule has 0 amide bonds. The second kappa shape index (κ2) is 5.41. The Morgan fingerprint density at radius 3 is 2.37 bits per heavy atom. The van der Waals surface area contributed by atoms with Crippen LogP contribution in [-0.2, 0) is 0 Å². The Balaban J connectivity index is 2.37. The van der Waals surface area contributed by atoms with Crippen LogP contribution in [0.25, 0.3) is 0 Å². The Kier molecular flexibility index (Phi) is 3.87. The van der Waals surface area contributed by atoms with Gasteiger partial charge in [0.2, 0.25) is 0 Å². The first-order chi connectivity index (χ1) is 8.95. The normalized spacial score (nSPS) is 12.4. The van der Waals surface area contributed by atoms with Gasteiger partial charge in [0.05, 0.1) is 0 Å². The van der Waals surface area contributed by atoms with Crippen LogP contribution in [0.2, 0.25) is 0 Å². The van der Waals surface area contributed by atoms with E-state index in [2.05, 4.69) is 9.97 Å². The van der Waals surface area contributed by atoms with Gasteiger partial charge < -0.3 is 17.2 Å². The van der Waals surface area contributed by atoms with Gasteiger partial charge in [0.15, 0.2) is 5.16 Å². The number of nitrogens with two attached hydrogens (primary N) is 3. The SMILES string of the molecule is C[C@H](N)c1cc(F)ccc1Sc1nc(N)cc(N)n1. The maximum absolute atomic E-state index is 13.2. The van der Waals surface area contributed by atoms with E-state index < -0.39 is 0 Å². The first-order valence-corrected chi connectivity index (χ1v) is 6.40. The summed E-state index contributed by atoms with van der Waals surface area (Å²) >= 11 is 1.25. The smallest absolute Gasteiger partial charge is 0.196 e. The third-order valence-corrected chi connectivity index (χ3v) is 3.37. The number of anilines is 2. The molecule has 7 heteroatoms. The van der Waals surface area contributed by atoms with Gasteiger partial charge in [0, 0.05) is 17.0 Å². The Morgan fingerprint density at radius 2 is 1.79 bits per heavy atom. The maximum Gasteiger partial charge on any atom is 0.196 e. The highest BCUT2D eigenvalue weighted by Gasteiger charge is 2.12. The third-order valence-electron chi connectivity index (χ3n) is 2.41. The Labute approximate surface area is 114 Å². The van der Waals surface area contributed by atoms with Gasteiger partial charge >= 0.3 is 0 Å². The molecule has 100 valence electrons. The number of aromatic nitrogens is 2. The number of hydrogen-bond donors (Lipinski definition) is 3. The molecule has 5 nitrogen and oxygen atoms in total. The summed E-state index contributed by atoms with van der Waals surface area (Å²) < 4.78 is 13.2. The molecule has 0 radical (unpaired) electrons. The van der Waals surface area contributed by atoms with E-state index in [1.54, 1.807) is 13.0 Å². The number of halogens is 1. The number of nitrogens with zero attached hydrogens (tertiary/aromatic N) is 2. The monoisotopic (exact) mass is 279 g/mol. The first kappa shape index (κ1) is 13.6. The number of nitrogen functional groups attached to an aromatic ring is 2. The second-order valence-electron chi connectivity index (χ2n) is 4.07. The van der Waals surface area contributed by atoms with Crippen LogP contribution in [0, 0.1) is 5.82 Å². The van der Waals surface area contributed by atoms with Crippen LogP contribution in [0.3, 0.4) is 0 Å². The van der Waals surface area contributed by atoms with Gasteiger partial charge in [0.25, 0.3) is 0 Å². The molecule has 2 rings (SSSR count). The van der Waals surface area contributed by atoms with E-state index >= 15 is 0 Å². The standard InChI is InChI=1S/C12H14FN5S/c1-6(14)8-4-7(13)2-3-9(8)19-12-17-10(15)5-11(16)18-12/h2-6H,14H2,1H3,(H4,15,16,17,18)/t6-/m0/s1. The van der Waals surface area contributed by atoms with Gasteiger partial charge in [-0.3, -0.25) is 0 Å². The van der Waals surface area contributed by atoms with E-state index in [-0.39, 0.29) is 11.9 Å². The van der Waals surface area contributed by atoms with Crippen LogP contribution < -0.4 is 17.2 Å². The first-order valence-electron chi connectivity index (χ1n) is 5.58. The van der Waals surface area contributed by atoms with Crippen LogP contribution in [-0.4, -0.2) is 9.97 Å². The minimum absolute atomic E-state index is 0.291. The summed E-state index contributed by atoms with van der Waals surface area (Å²) in [6.45, 7) is 1.79. The molecule has 0 aliphatic heterocycles. The highest BCUT2D eigenvalue weighted by Crippen LogP contribution is 2.32. The zero-order chi connectivity index (χ0) is 14.0. The third kappa shape index (κ3) is 3.33. The van der Waals surface area contributed by atoms with Crippen molar-refractivity contribution in [2.24, 2.45) is 5.73 Å². The quantitative estimate of drug-likeness (QED) is 0.742. The van der Waals surface area contributed by atoms with Crippen molar-refractivity contribution < 1.29 is 4.39 Å². The summed E-state index contributed by atoms with van der Waals surface area (Å²) in [4.78, 5) is 8.91. The fourth-order valence-electron chi connectivity index (χ4n) is 1.57. The zero-order valence-electron chi connectivity index (χ0n) is 10.3. The molecule has 1 aromatic carbocycles. The van der Waals surface area contributed by atoms with Crippen molar-refractivity contribution in [1.29, 1.82) is 0 Å². The van der Waals surface area contributed by atoms with E-state index in [0.29, 0.717) is 22.4 Å². The topological polar surface area (TPSA) is 104 Å². The van der Waals surface area contributed by atoms with Crippen molar-refractivity contribution in [2.75, 3.05) is 11.5 Å². The molecular formula is C12H14FN5S. The highest BCUT2D eigenvalue weighted by atomic mass is 32.2.